The van der Waals surface area contributed by atoms with Gasteiger partial charge in [-0.15, -0.1) is 11.8 Å². The van der Waals surface area contributed by atoms with Crippen LogP contribution in [-0.4, -0.2) is 0 Å². The summed E-state index contributed by atoms with van der Waals surface area (Å²) < 4.78 is 0. The number of allylic oxidation sites excluding steroid dienone is 6. The number of thioether (sulfide) groups is 1. The van der Waals surface area contributed by atoms with E-state index in [0.717, 1.165) is 6.42 Å². The van der Waals surface area contributed by atoms with Gasteiger partial charge in [0.2, 0.25) is 0 Å². The summed E-state index contributed by atoms with van der Waals surface area (Å²) in [5, 5.41) is 4.09. The second kappa shape index (κ2) is 5.90. The third-order valence-corrected chi connectivity index (χ3v) is 5.35. The van der Waals surface area contributed by atoms with Gasteiger partial charge in [0.05, 0.1) is 5.69 Å². The van der Waals surface area contributed by atoms with Crippen molar-refractivity contribution in [3.05, 3.63) is 95.7 Å². The SMILES string of the molecule is C1=CC(=C2CC(c3ccccc3)Sc3ccccc3N2)C=C1. The fraction of sp³-hybridized carbons (Fsp3) is 0.100. The fourth-order valence-electron chi connectivity index (χ4n) is 2.89. The van der Waals surface area contributed by atoms with Gasteiger partial charge in [-0.05, 0) is 23.3 Å². The van der Waals surface area contributed by atoms with Crippen molar-refractivity contribution >= 4 is 17.4 Å². The van der Waals surface area contributed by atoms with Gasteiger partial charge in [0, 0.05) is 22.3 Å². The molecule has 4 rings (SSSR count). The normalized spacial score (nSPS) is 19.7. The van der Waals surface area contributed by atoms with Crippen molar-refractivity contribution in [1.29, 1.82) is 0 Å². The smallest absolute Gasteiger partial charge is 0.0520 e. The molecule has 0 fully saturated rings. The molecule has 1 atom stereocenters. The second-order valence-corrected chi connectivity index (χ2v) is 6.74. The minimum Gasteiger partial charge on any atom is -0.357 e. The number of anilines is 1. The van der Waals surface area contributed by atoms with Crippen LogP contribution >= 0.6 is 11.8 Å². The molecule has 1 N–H and O–H groups in total. The summed E-state index contributed by atoms with van der Waals surface area (Å²) in [5.74, 6) is 0. The average Bonchev–Trinajstić information content (AvgIpc) is 3.03. The van der Waals surface area contributed by atoms with Crippen molar-refractivity contribution < 1.29 is 0 Å². The Labute approximate surface area is 135 Å². The van der Waals surface area contributed by atoms with Crippen LogP contribution in [-0.2, 0) is 0 Å². The molecule has 2 aromatic rings. The molecule has 0 amide bonds. The number of hydrogen-bond donors (Lipinski definition) is 1. The van der Waals surface area contributed by atoms with Gasteiger partial charge in [-0.25, -0.2) is 0 Å². The van der Waals surface area contributed by atoms with Crippen LogP contribution in [0.5, 0.6) is 0 Å². The molecule has 2 heteroatoms. The van der Waals surface area contributed by atoms with E-state index in [-0.39, 0.29) is 0 Å². The first-order valence-corrected chi connectivity index (χ1v) is 8.44. The zero-order valence-corrected chi connectivity index (χ0v) is 13.0. The lowest BCUT2D eigenvalue weighted by Gasteiger charge is -2.16. The van der Waals surface area contributed by atoms with E-state index < -0.39 is 0 Å². The highest BCUT2D eigenvalue weighted by Crippen LogP contribution is 2.46. The van der Waals surface area contributed by atoms with Gasteiger partial charge in [-0.1, -0.05) is 66.8 Å². The molecule has 0 bridgehead atoms. The lowest BCUT2D eigenvalue weighted by molar-refractivity contribution is 0.921. The second-order valence-electron chi connectivity index (χ2n) is 5.49. The van der Waals surface area contributed by atoms with E-state index in [1.54, 1.807) is 0 Å². The van der Waals surface area contributed by atoms with Crippen molar-refractivity contribution in [3.8, 4) is 0 Å². The van der Waals surface area contributed by atoms with E-state index in [0.29, 0.717) is 5.25 Å². The van der Waals surface area contributed by atoms with Gasteiger partial charge in [0.15, 0.2) is 0 Å². The topological polar surface area (TPSA) is 12.0 Å². The van der Waals surface area contributed by atoms with Crippen molar-refractivity contribution in [2.45, 2.75) is 16.6 Å². The van der Waals surface area contributed by atoms with Gasteiger partial charge in [0.25, 0.3) is 0 Å². The minimum absolute atomic E-state index is 0.433. The van der Waals surface area contributed by atoms with E-state index in [9.17, 15) is 0 Å². The van der Waals surface area contributed by atoms with Crippen LogP contribution in [0.25, 0.3) is 0 Å². The number of benzene rings is 2. The zero-order chi connectivity index (χ0) is 14.8. The van der Waals surface area contributed by atoms with E-state index in [4.69, 9.17) is 0 Å². The maximum absolute atomic E-state index is 3.66. The molecule has 0 spiro atoms. The number of nitrogens with one attached hydrogen (secondary N) is 1. The van der Waals surface area contributed by atoms with Gasteiger partial charge in [0.1, 0.15) is 0 Å². The van der Waals surface area contributed by atoms with Crippen LogP contribution in [0.15, 0.2) is 95.1 Å². The first-order chi connectivity index (χ1) is 10.9. The van der Waals surface area contributed by atoms with Gasteiger partial charge in [-0.3, -0.25) is 0 Å². The largest absolute Gasteiger partial charge is 0.357 e. The van der Waals surface area contributed by atoms with Crippen molar-refractivity contribution in [1.82, 2.24) is 0 Å². The Morgan fingerprint density at radius 3 is 2.41 bits per heavy atom. The quantitative estimate of drug-likeness (QED) is 0.723. The predicted octanol–water partition coefficient (Wildman–Crippen LogP) is 5.72. The Morgan fingerprint density at radius 1 is 0.864 bits per heavy atom. The van der Waals surface area contributed by atoms with Gasteiger partial charge < -0.3 is 5.32 Å². The maximum atomic E-state index is 3.66. The molecule has 22 heavy (non-hydrogen) atoms. The molecule has 0 saturated carbocycles. The lowest BCUT2D eigenvalue weighted by Crippen LogP contribution is -2.03. The third-order valence-electron chi connectivity index (χ3n) is 4.01. The summed E-state index contributed by atoms with van der Waals surface area (Å²) >= 11 is 1.95. The molecule has 0 radical (unpaired) electrons. The lowest BCUT2D eigenvalue weighted by atomic mass is 10.0. The average molecular weight is 303 g/mol. The zero-order valence-electron chi connectivity index (χ0n) is 12.2. The molecule has 0 aromatic heterocycles. The molecule has 0 saturated heterocycles. The standard InChI is InChI=1S/C20H17NS/c1-2-10-16(11-3-1)20-14-18(15-8-4-5-9-15)21-17-12-6-7-13-19(17)22-20/h1-13,20-21H,14H2. The number of para-hydroxylation sites is 1. The van der Waals surface area contributed by atoms with Crippen LogP contribution < -0.4 is 5.32 Å². The highest BCUT2D eigenvalue weighted by atomic mass is 32.2. The molecule has 1 heterocycles. The van der Waals surface area contributed by atoms with Gasteiger partial charge in [-0.2, -0.15) is 0 Å². The monoisotopic (exact) mass is 303 g/mol. The van der Waals surface area contributed by atoms with Crippen LogP contribution in [0.2, 0.25) is 0 Å². The Hall–Kier alpha value is -2.19. The Bertz CT molecular complexity index is 757. The summed E-state index contributed by atoms with van der Waals surface area (Å²) in [6, 6.07) is 19.4. The molecule has 2 aliphatic rings. The Balaban J connectivity index is 1.79. The predicted molar refractivity (Wildman–Crippen MR) is 95.0 cm³/mol. The highest BCUT2D eigenvalue weighted by molar-refractivity contribution is 7.99. The summed E-state index contributed by atoms with van der Waals surface area (Å²) in [6.07, 6.45) is 9.58. The van der Waals surface area contributed by atoms with Crippen molar-refractivity contribution in [3.63, 3.8) is 0 Å². The van der Waals surface area contributed by atoms with Crippen molar-refractivity contribution in [2.75, 3.05) is 5.32 Å². The summed E-state index contributed by atoms with van der Waals surface area (Å²) in [6.45, 7) is 0. The number of fused-ring (bicyclic) bond motifs is 1. The van der Waals surface area contributed by atoms with E-state index in [1.807, 2.05) is 11.8 Å². The van der Waals surface area contributed by atoms with Crippen LogP contribution in [0.1, 0.15) is 17.2 Å². The molecule has 1 aliphatic carbocycles. The van der Waals surface area contributed by atoms with Crippen LogP contribution in [0.3, 0.4) is 0 Å². The Morgan fingerprint density at radius 2 is 1.59 bits per heavy atom. The summed E-state index contributed by atoms with van der Waals surface area (Å²) in [5.41, 5.74) is 5.19. The molecule has 2 aromatic carbocycles. The molecule has 1 nitrogen and oxygen atoms in total. The molecule has 1 unspecified atom stereocenters. The Kier molecular flexibility index (Phi) is 3.61. The number of hydrogen-bond acceptors (Lipinski definition) is 2. The van der Waals surface area contributed by atoms with E-state index >= 15 is 0 Å². The molecule has 1 aliphatic heterocycles. The van der Waals surface area contributed by atoms with Gasteiger partial charge >= 0.3 is 0 Å². The summed E-state index contributed by atoms with van der Waals surface area (Å²) in [4.78, 5) is 1.32. The van der Waals surface area contributed by atoms with Crippen LogP contribution in [0.4, 0.5) is 5.69 Å². The third kappa shape index (κ3) is 2.62. The van der Waals surface area contributed by atoms with E-state index in [1.165, 1.54) is 27.4 Å². The van der Waals surface area contributed by atoms with Crippen molar-refractivity contribution in [2.24, 2.45) is 0 Å². The van der Waals surface area contributed by atoms with E-state index in [2.05, 4.69) is 84.2 Å². The summed E-state index contributed by atoms with van der Waals surface area (Å²) in [7, 11) is 0. The minimum atomic E-state index is 0.433. The number of rotatable bonds is 1. The molecule has 108 valence electrons. The highest BCUT2D eigenvalue weighted by Gasteiger charge is 2.22. The fourth-order valence-corrected chi connectivity index (χ4v) is 4.14. The first-order valence-electron chi connectivity index (χ1n) is 7.56. The first kappa shape index (κ1) is 13.5. The molecular formula is C20H17NS. The maximum Gasteiger partial charge on any atom is 0.0520 e. The molecular weight excluding hydrogens is 286 g/mol. The van der Waals surface area contributed by atoms with Crippen LogP contribution in [0, 0.1) is 0 Å².